The average molecular weight is 290 g/mol. The van der Waals surface area contributed by atoms with E-state index in [1.54, 1.807) is 24.3 Å². The lowest BCUT2D eigenvalue weighted by Gasteiger charge is -2.36. The molecule has 1 fully saturated rings. The zero-order valence-electron chi connectivity index (χ0n) is 12.5. The first-order chi connectivity index (χ1) is 10.1. The zero-order valence-corrected chi connectivity index (χ0v) is 12.5. The van der Waals surface area contributed by atoms with E-state index in [0.717, 1.165) is 13.1 Å². The van der Waals surface area contributed by atoms with Crippen LogP contribution in [0.2, 0.25) is 0 Å². The number of benzene rings is 1. The second kappa shape index (κ2) is 7.41. The summed E-state index contributed by atoms with van der Waals surface area (Å²) in [6.45, 7) is 6.51. The van der Waals surface area contributed by atoms with Crippen LogP contribution < -0.4 is 4.74 Å². The van der Waals surface area contributed by atoms with Crippen LogP contribution >= 0.6 is 0 Å². The molecule has 3 atom stereocenters. The fraction of sp³-hybridized carbons (Fsp3) is 0.562. The van der Waals surface area contributed by atoms with Crippen LogP contribution in [-0.2, 0) is 4.74 Å². The van der Waals surface area contributed by atoms with Gasteiger partial charge < -0.3 is 14.6 Å². The maximum atomic E-state index is 10.1. The minimum atomic E-state index is -0.562. The van der Waals surface area contributed by atoms with Crippen molar-refractivity contribution in [1.82, 2.24) is 4.90 Å². The van der Waals surface area contributed by atoms with E-state index in [-0.39, 0.29) is 18.8 Å². The summed E-state index contributed by atoms with van der Waals surface area (Å²) in [7, 11) is 0. The normalized spacial score (nSPS) is 24.3. The highest BCUT2D eigenvalue weighted by Gasteiger charge is 2.23. The molecule has 1 heterocycles. The molecule has 0 aromatic heterocycles. The Morgan fingerprint density at radius 3 is 2.81 bits per heavy atom. The summed E-state index contributed by atoms with van der Waals surface area (Å²) in [4.78, 5) is 2.19. The molecular formula is C16H22N2O3. The molecule has 114 valence electrons. The fourth-order valence-corrected chi connectivity index (χ4v) is 2.63. The Bertz CT molecular complexity index is 491. The molecule has 0 spiro atoms. The molecule has 1 aromatic rings. The maximum absolute atomic E-state index is 10.1. The summed E-state index contributed by atoms with van der Waals surface area (Å²) >= 11 is 0. The topological polar surface area (TPSA) is 65.7 Å². The Hall–Kier alpha value is -1.61. The summed E-state index contributed by atoms with van der Waals surface area (Å²) in [5, 5.41) is 18.9. The lowest BCUT2D eigenvalue weighted by molar-refractivity contribution is -0.0786. The highest BCUT2D eigenvalue weighted by Crippen LogP contribution is 2.14. The molecule has 0 saturated carbocycles. The summed E-state index contributed by atoms with van der Waals surface area (Å²) < 4.78 is 11.2. The fourth-order valence-electron chi connectivity index (χ4n) is 2.63. The average Bonchev–Trinajstić information content (AvgIpc) is 2.44. The molecule has 0 radical (unpaired) electrons. The van der Waals surface area contributed by atoms with Gasteiger partial charge in [-0.15, -0.1) is 0 Å². The standard InChI is InChI=1S/C16H22N2O3/c1-12-8-18(9-13(2)21-12)10-15(19)11-20-16-5-3-4-14(6-16)7-17/h3-6,12-13,15,19H,8-11H2,1-2H3. The first-order valence-corrected chi connectivity index (χ1v) is 7.25. The molecule has 5 nitrogen and oxygen atoms in total. The van der Waals surface area contributed by atoms with Crippen LogP contribution in [-0.4, -0.2) is 54.6 Å². The van der Waals surface area contributed by atoms with Crippen molar-refractivity contribution in [3.63, 3.8) is 0 Å². The molecule has 1 saturated heterocycles. The Balaban J connectivity index is 1.79. The molecule has 0 amide bonds. The van der Waals surface area contributed by atoms with Gasteiger partial charge in [-0.2, -0.15) is 5.26 Å². The van der Waals surface area contributed by atoms with Crippen molar-refractivity contribution in [3.8, 4) is 11.8 Å². The quantitative estimate of drug-likeness (QED) is 0.888. The monoisotopic (exact) mass is 290 g/mol. The van der Waals surface area contributed by atoms with E-state index >= 15 is 0 Å². The van der Waals surface area contributed by atoms with Gasteiger partial charge in [0, 0.05) is 19.6 Å². The van der Waals surface area contributed by atoms with Crippen LogP contribution in [0, 0.1) is 11.3 Å². The van der Waals surface area contributed by atoms with Gasteiger partial charge in [0.2, 0.25) is 0 Å². The van der Waals surface area contributed by atoms with Gasteiger partial charge in [-0.1, -0.05) is 6.07 Å². The van der Waals surface area contributed by atoms with E-state index in [0.29, 0.717) is 17.9 Å². The van der Waals surface area contributed by atoms with Gasteiger partial charge in [-0.05, 0) is 32.0 Å². The first-order valence-electron chi connectivity index (χ1n) is 7.25. The zero-order chi connectivity index (χ0) is 15.2. The molecule has 1 N–H and O–H groups in total. The van der Waals surface area contributed by atoms with Crippen molar-refractivity contribution in [2.45, 2.75) is 32.2 Å². The number of nitrogens with zero attached hydrogens (tertiary/aromatic N) is 2. The molecule has 3 unspecified atom stereocenters. The molecule has 1 aliphatic heterocycles. The van der Waals surface area contributed by atoms with Gasteiger partial charge in [0.05, 0.1) is 23.8 Å². The molecule has 2 rings (SSSR count). The van der Waals surface area contributed by atoms with Crippen LogP contribution in [0.1, 0.15) is 19.4 Å². The van der Waals surface area contributed by atoms with E-state index in [9.17, 15) is 5.11 Å². The van der Waals surface area contributed by atoms with E-state index in [1.807, 2.05) is 13.8 Å². The Morgan fingerprint density at radius 1 is 1.43 bits per heavy atom. The predicted octanol–water partition coefficient (Wildman–Crippen LogP) is 1.41. The smallest absolute Gasteiger partial charge is 0.120 e. The van der Waals surface area contributed by atoms with E-state index in [1.165, 1.54) is 0 Å². The number of nitriles is 1. The van der Waals surface area contributed by atoms with Gasteiger partial charge >= 0.3 is 0 Å². The highest BCUT2D eigenvalue weighted by molar-refractivity contribution is 5.36. The number of rotatable bonds is 5. The van der Waals surface area contributed by atoms with Crippen molar-refractivity contribution in [2.24, 2.45) is 0 Å². The number of hydrogen-bond donors (Lipinski definition) is 1. The second-order valence-electron chi connectivity index (χ2n) is 5.58. The summed E-state index contributed by atoms with van der Waals surface area (Å²) in [5.74, 6) is 0.608. The van der Waals surface area contributed by atoms with E-state index in [4.69, 9.17) is 14.7 Å². The lowest BCUT2D eigenvalue weighted by atomic mass is 10.2. The SMILES string of the molecule is CC1CN(CC(O)COc2cccc(C#N)c2)CC(C)O1. The molecule has 21 heavy (non-hydrogen) atoms. The predicted molar refractivity (Wildman–Crippen MR) is 79.1 cm³/mol. The van der Waals surface area contributed by atoms with E-state index < -0.39 is 6.10 Å². The highest BCUT2D eigenvalue weighted by atomic mass is 16.5. The van der Waals surface area contributed by atoms with Gasteiger partial charge in [-0.25, -0.2) is 0 Å². The summed E-state index contributed by atoms with van der Waals surface area (Å²) in [6.07, 6.45) is -0.184. The molecule has 1 aliphatic rings. The van der Waals surface area contributed by atoms with Crippen LogP contribution in [0.15, 0.2) is 24.3 Å². The minimum Gasteiger partial charge on any atom is -0.491 e. The van der Waals surface area contributed by atoms with Gasteiger partial charge in [0.1, 0.15) is 18.5 Å². The van der Waals surface area contributed by atoms with E-state index in [2.05, 4.69) is 11.0 Å². The second-order valence-corrected chi connectivity index (χ2v) is 5.58. The Morgan fingerprint density at radius 2 is 2.14 bits per heavy atom. The summed E-state index contributed by atoms with van der Waals surface area (Å²) in [5.41, 5.74) is 0.554. The number of hydrogen-bond acceptors (Lipinski definition) is 5. The molecular weight excluding hydrogens is 268 g/mol. The number of β-amino-alcohol motifs (C(OH)–C–C–N with tert-alkyl or cyclic N) is 1. The molecule has 0 aliphatic carbocycles. The number of ether oxygens (including phenoxy) is 2. The Kier molecular flexibility index (Phi) is 5.57. The first kappa shape index (κ1) is 15.8. The van der Waals surface area contributed by atoms with Crippen molar-refractivity contribution in [1.29, 1.82) is 5.26 Å². The number of morpholine rings is 1. The van der Waals surface area contributed by atoms with Crippen molar-refractivity contribution in [3.05, 3.63) is 29.8 Å². The largest absolute Gasteiger partial charge is 0.491 e. The maximum Gasteiger partial charge on any atom is 0.120 e. The van der Waals surface area contributed by atoms with Gasteiger partial charge in [0.25, 0.3) is 0 Å². The third kappa shape index (κ3) is 5.01. The van der Waals surface area contributed by atoms with Crippen molar-refractivity contribution < 1.29 is 14.6 Å². The van der Waals surface area contributed by atoms with Crippen molar-refractivity contribution in [2.75, 3.05) is 26.2 Å². The lowest BCUT2D eigenvalue weighted by Crippen LogP contribution is -2.48. The molecule has 0 bridgehead atoms. The molecule has 5 heteroatoms. The summed E-state index contributed by atoms with van der Waals surface area (Å²) in [6, 6.07) is 9.01. The van der Waals surface area contributed by atoms with Crippen molar-refractivity contribution >= 4 is 0 Å². The third-order valence-electron chi connectivity index (χ3n) is 3.37. The van der Waals surface area contributed by atoms with Crippen LogP contribution in [0.25, 0.3) is 0 Å². The number of aliphatic hydroxyl groups excluding tert-OH is 1. The van der Waals surface area contributed by atoms with Gasteiger partial charge in [0.15, 0.2) is 0 Å². The Labute approximate surface area is 125 Å². The van der Waals surface area contributed by atoms with Gasteiger partial charge in [-0.3, -0.25) is 4.90 Å². The van der Waals surface area contributed by atoms with Crippen LogP contribution in [0.4, 0.5) is 0 Å². The van der Waals surface area contributed by atoms with Crippen LogP contribution in [0.5, 0.6) is 5.75 Å². The molecule has 1 aromatic carbocycles. The third-order valence-corrected chi connectivity index (χ3v) is 3.37. The number of aliphatic hydroxyl groups is 1. The minimum absolute atomic E-state index is 0.189. The van der Waals surface area contributed by atoms with Crippen LogP contribution in [0.3, 0.4) is 0 Å².